The lowest BCUT2D eigenvalue weighted by atomic mass is 10.2. The Morgan fingerprint density at radius 2 is 2.28 bits per heavy atom. The van der Waals surface area contributed by atoms with Crippen LogP contribution in [0.2, 0.25) is 0 Å². The summed E-state index contributed by atoms with van der Waals surface area (Å²) < 4.78 is 1.72. The van der Waals surface area contributed by atoms with Crippen LogP contribution in [0.1, 0.15) is 29.5 Å². The molecule has 2 aromatic rings. The van der Waals surface area contributed by atoms with Crippen molar-refractivity contribution in [3.05, 3.63) is 45.9 Å². The van der Waals surface area contributed by atoms with E-state index in [1.165, 1.54) is 12.3 Å². The summed E-state index contributed by atoms with van der Waals surface area (Å²) in [6, 6.07) is 4.87. The molecular weight excluding hydrogens is 324 g/mol. The molecule has 1 aliphatic heterocycles. The lowest BCUT2D eigenvalue weighted by Gasteiger charge is -2.17. The van der Waals surface area contributed by atoms with E-state index in [-0.39, 0.29) is 17.6 Å². The van der Waals surface area contributed by atoms with Gasteiger partial charge in [0.2, 0.25) is 0 Å². The summed E-state index contributed by atoms with van der Waals surface area (Å²) in [6.45, 7) is 5.69. The number of nitrogens with zero attached hydrogens (tertiary/aromatic N) is 5. The standard InChI is InChI=1S/C16H20N6O3/c1-3-21-14(8-11(2)19-21)16(23)20-7-6-12(10-20)18-15-5-4-13(9-17-15)22(24)25/h4-5,8-9,12H,3,6-7,10H2,1-2H3,(H,17,18)/t12-/m1/s1. The molecule has 3 rings (SSSR count). The fraction of sp³-hybridized carbons (Fsp3) is 0.438. The molecule has 1 atom stereocenters. The first-order chi connectivity index (χ1) is 12.0. The summed E-state index contributed by atoms with van der Waals surface area (Å²) in [5, 5.41) is 18.2. The van der Waals surface area contributed by atoms with Gasteiger partial charge in [-0.25, -0.2) is 4.98 Å². The van der Waals surface area contributed by atoms with Gasteiger partial charge in [0.15, 0.2) is 0 Å². The van der Waals surface area contributed by atoms with E-state index in [9.17, 15) is 14.9 Å². The molecule has 0 bridgehead atoms. The van der Waals surface area contributed by atoms with Gasteiger partial charge >= 0.3 is 0 Å². The minimum absolute atomic E-state index is 0.0246. The number of rotatable bonds is 5. The predicted octanol–water partition coefficient (Wildman–Crippen LogP) is 1.84. The molecule has 1 saturated heterocycles. The van der Waals surface area contributed by atoms with Crippen LogP contribution in [-0.2, 0) is 6.54 Å². The second-order valence-electron chi connectivity index (χ2n) is 6.03. The highest BCUT2D eigenvalue weighted by molar-refractivity contribution is 5.93. The molecule has 1 amide bonds. The second kappa shape index (κ2) is 6.88. The quantitative estimate of drug-likeness (QED) is 0.655. The van der Waals surface area contributed by atoms with Crippen LogP contribution in [0, 0.1) is 17.0 Å². The molecule has 1 aliphatic rings. The zero-order valence-corrected chi connectivity index (χ0v) is 14.2. The third kappa shape index (κ3) is 3.59. The smallest absolute Gasteiger partial charge is 0.287 e. The highest BCUT2D eigenvalue weighted by atomic mass is 16.6. The van der Waals surface area contributed by atoms with Crippen molar-refractivity contribution in [3.63, 3.8) is 0 Å². The Hall–Kier alpha value is -2.97. The Balaban J connectivity index is 1.63. The van der Waals surface area contributed by atoms with Crippen LogP contribution in [0.5, 0.6) is 0 Å². The van der Waals surface area contributed by atoms with Gasteiger partial charge in [0.25, 0.3) is 11.6 Å². The summed E-state index contributed by atoms with van der Waals surface area (Å²) in [7, 11) is 0. The molecule has 0 saturated carbocycles. The zero-order chi connectivity index (χ0) is 18.0. The number of pyridine rings is 1. The van der Waals surface area contributed by atoms with Crippen molar-refractivity contribution >= 4 is 17.4 Å². The first-order valence-electron chi connectivity index (χ1n) is 8.18. The van der Waals surface area contributed by atoms with Gasteiger partial charge in [0.05, 0.1) is 10.6 Å². The number of nitro groups is 1. The Bertz CT molecular complexity index is 786. The number of aryl methyl sites for hydroxylation is 2. The molecule has 1 N–H and O–H groups in total. The Morgan fingerprint density at radius 1 is 1.48 bits per heavy atom. The Kier molecular flexibility index (Phi) is 4.64. The van der Waals surface area contributed by atoms with Crippen molar-refractivity contribution in [1.29, 1.82) is 0 Å². The van der Waals surface area contributed by atoms with Gasteiger partial charge in [-0.05, 0) is 32.4 Å². The van der Waals surface area contributed by atoms with Crippen molar-refractivity contribution in [2.24, 2.45) is 0 Å². The van der Waals surface area contributed by atoms with Crippen LogP contribution >= 0.6 is 0 Å². The molecule has 0 aromatic carbocycles. The number of aromatic nitrogens is 3. The Labute approximate surface area is 144 Å². The molecular formula is C16H20N6O3. The predicted molar refractivity (Wildman–Crippen MR) is 91.5 cm³/mol. The lowest BCUT2D eigenvalue weighted by molar-refractivity contribution is -0.385. The maximum atomic E-state index is 12.7. The van der Waals surface area contributed by atoms with Crippen LogP contribution in [0.3, 0.4) is 0 Å². The van der Waals surface area contributed by atoms with Gasteiger partial charge < -0.3 is 10.2 Å². The SMILES string of the molecule is CCn1nc(C)cc1C(=O)N1CC[C@@H](Nc2ccc([N+](=O)[O-])cn2)C1. The maximum Gasteiger partial charge on any atom is 0.287 e. The summed E-state index contributed by atoms with van der Waals surface area (Å²) in [5.74, 6) is 0.544. The molecule has 2 aromatic heterocycles. The molecule has 3 heterocycles. The molecule has 9 nitrogen and oxygen atoms in total. The normalized spacial score (nSPS) is 16.9. The summed E-state index contributed by atoms with van der Waals surface area (Å²) in [6.07, 6.45) is 2.02. The number of amides is 1. The lowest BCUT2D eigenvalue weighted by Crippen LogP contribution is -2.33. The number of likely N-dealkylation sites (tertiary alicyclic amines) is 1. The monoisotopic (exact) mass is 344 g/mol. The van der Waals surface area contributed by atoms with Gasteiger partial charge in [-0.1, -0.05) is 0 Å². The summed E-state index contributed by atoms with van der Waals surface area (Å²) in [5.41, 5.74) is 1.39. The number of carbonyl (C=O) groups excluding carboxylic acids is 1. The number of hydrogen-bond acceptors (Lipinski definition) is 6. The van der Waals surface area contributed by atoms with E-state index in [0.717, 1.165) is 12.1 Å². The van der Waals surface area contributed by atoms with Crippen molar-refractivity contribution in [3.8, 4) is 0 Å². The largest absolute Gasteiger partial charge is 0.365 e. The van der Waals surface area contributed by atoms with Gasteiger partial charge in [-0.3, -0.25) is 19.6 Å². The minimum Gasteiger partial charge on any atom is -0.365 e. The molecule has 0 radical (unpaired) electrons. The molecule has 0 unspecified atom stereocenters. The fourth-order valence-corrected chi connectivity index (χ4v) is 2.97. The number of anilines is 1. The van der Waals surface area contributed by atoms with E-state index >= 15 is 0 Å². The van der Waals surface area contributed by atoms with E-state index in [4.69, 9.17) is 0 Å². The number of hydrogen-bond donors (Lipinski definition) is 1. The van der Waals surface area contributed by atoms with Crippen LogP contribution in [0.25, 0.3) is 0 Å². The molecule has 9 heteroatoms. The Morgan fingerprint density at radius 3 is 2.92 bits per heavy atom. The van der Waals surface area contributed by atoms with Crippen LogP contribution in [0.15, 0.2) is 24.4 Å². The van der Waals surface area contributed by atoms with Gasteiger partial charge in [-0.15, -0.1) is 0 Å². The summed E-state index contributed by atoms with van der Waals surface area (Å²) in [4.78, 5) is 28.7. The van der Waals surface area contributed by atoms with E-state index in [1.54, 1.807) is 15.6 Å². The van der Waals surface area contributed by atoms with Crippen molar-refractivity contribution < 1.29 is 9.72 Å². The highest BCUT2D eigenvalue weighted by Gasteiger charge is 2.29. The first-order valence-corrected chi connectivity index (χ1v) is 8.18. The van der Waals surface area contributed by atoms with Crippen LogP contribution in [0.4, 0.5) is 11.5 Å². The fourth-order valence-electron chi connectivity index (χ4n) is 2.97. The van der Waals surface area contributed by atoms with Gasteiger partial charge in [-0.2, -0.15) is 5.10 Å². The van der Waals surface area contributed by atoms with E-state index < -0.39 is 4.92 Å². The molecule has 25 heavy (non-hydrogen) atoms. The van der Waals surface area contributed by atoms with Crippen molar-refractivity contribution in [2.45, 2.75) is 32.9 Å². The van der Waals surface area contributed by atoms with E-state index in [0.29, 0.717) is 31.1 Å². The molecule has 0 aliphatic carbocycles. The van der Waals surface area contributed by atoms with Gasteiger partial charge in [0, 0.05) is 31.7 Å². The van der Waals surface area contributed by atoms with Gasteiger partial charge in [0.1, 0.15) is 17.7 Å². The maximum absolute atomic E-state index is 12.7. The average molecular weight is 344 g/mol. The third-order valence-corrected chi connectivity index (χ3v) is 4.21. The van der Waals surface area contributed by atoms with E-state index in [1.807, 2.05) is 19.9 Å². The minimum atomic E-state index is -0.481. The average Bonchev–Trinajstić information content (AvgIpc) is 3.21. The van der Waals surface area contributed by atoms with Crippen molar-refractivity contribution in [1.82, 2.24) is 19.7 Å². The highest BCUT2D eigenvalue weighted by Crippen LogP contribution is 2.19. The second-order valence-corrected chi connectivity index (χ2v) is 6.03. The zero-order valence-electron chi connectivity index (χ0n) is 14.2. The molecule has 132 valence electrons. The number of carbonyl (C=O) groups is 1. The third-order valence-electron chi connectivity index (χ3n) is 4.21. The van der Waals surface area contributed by atoms with E-state index in [2.05, 4.69) is 15.4 Å². The molecule has 1 fully saturated rings. The van der Waals surface area contributed by atoms with Crippen LogP contribution in [-0.4, -0.2) is 49.6 Å². The number of nitrogens with one attached hydrogen (secondary N) is 1. The molecule has 0 spiro atoms. The van der Waals surface area contributed by atoms with Crippen molar-refractivity contribution in [2.75, 3.05) is 18.4 Å². The topological polar surface area (TPSA) is 106 Å². The first kappa shape index (κ1) is 16.9. The summed E-state index contributed by atoms with van der Waals surface area (Å²) >= 11 is 0. The van der Waals surface area contributed by atoms with Crippen LogP contribution < -0.4 is 5.32 Å².